The molecule has 1 fully saturated rings. The standard InChI is InChI=1S/C38H57NO/c1-3-5-7-9-10-11-13-15-31-40-37-27-25-34(26-28-37)33-21-23-36(24-22-33)38(29-30-39)35-19-17-32(18-20-35)16-14-12-8-6-4-2/h21-28,32,35,38H,3-20,29,31H2,1-2H3/t32-,35-,38?. The lowest BCUT2D eigenvalue weighted by Crippen LogP contribution is -2.20. The molecule has 0 amide bonds. The number of hydrogen-bond acceptors (Lipinski definition) is 2. The Morgan fingerprint density at radius 3 is 1.77 bits per heavy atom. The highest BCUT2D eigenvalue weighted by atomic mass is 16.5. The number of ether oxygens (including phenoxy) is 1. The molecule has 2 heteroatoms. The van der Waals surface area contributed by atoms with Crippen molar-refractivity contribution in [1.82, 2.24) is 0 Å². The van der Waals surface area contributed by atoms with Gasteiger partial charge in [-0.2, -0.15) is 5.26 Å². The lowest BCUT2D eigenvalue weighted by molar-refractivity contribution is 0.230. The predicted molar refractivity (Wildman–Crippen MR) is 172 cm³/mol. The van der Waals surface area contributed by atoms with Crippen LogP contribution in [0.2, 0.25) is 0 Å². The third-order valence-electron chi connectivity index (χ3n) is 9.28. The van der Waals surface area contributed by atoms with E-state index in [1.165, 1.54) is 126 Å². The molecule has 220 valence electrons. The van der Waals surface area contributed by atoms with Crippen molar-refractivity contribution in [3.63, 3.8) is 0 Å². The normalized spacial score (nSPS) is 17.8. The first kappa shape index (κ1) is 32.2. The van der Waals surface area contributed by atoms with Gasteiger partial charge < -0.3 is 4.74 Å². The first-order valence-electron chi connectivity index (χ1n) is 16.9. The van der Waals surface area contributed by atoms with Crippen molar-refractivity contribution in [2.45, 2.75) is 142 Å². The predicted octanol–water partition coefficient (Wildman–Crippen LogP) is 12.0. The highest BCUT2D eigenvalue weighted by Gasteiger charge is 2.28. The van der Waals surface area contributed by atoms with E-state index in [0.29, 0.717) is 18.3 Å². The van der Waals surface area contributed by atoms with Crippen molar-refractivity contribution in [2.75, 3.05) is 6.61 Å². The van der Waals surface area contributed by atoms with Crippen LogP contribution in [0.5, 0.6) is 5.75 Å². The first-order chi connectivity index (χ1) is 19.7. The van der Waals surface area contributed by atoms with Gasteiger partial charge >= 0.3 is 0 Å². The van der Waals surface area contributed by atoms with Gasteiger partial charge in [-0.05, 0) is 65.8 Å². The van der Waals surface area contributed by atoms with E-state index in [9.17, 15) is 5.26 Å². The van der Waals surface area contributed by atoms with E-state index in [1.807, 2.05) is 0 Å². The summed E-state index contributed by atoms with van der Waals surface area (Å²) in [6.07, 6.45) is 24.8. The lowest BCUT2D eigenvalue weighted by Gasteiger charge is -2.33. The quantitative estimate of drug-likeness (QED) is 0.156. The molecule has 0 spiro atoms. The summed E-state index contributed by atoms with van der Waals surface area (Å²) in [4.78, 5) is 0. The molecule has 2 nitrogen and oxygen atoms in total. The van der Waals surface area contributed by atoms with Gasteiger partial charge in [-0.3, -0.25) is 0 Å². The topological polar surface area (TPSA) is 33.0 Å². The minimum Gasteiger partial charge on any atom is -0.494 e. The first-order valence-corrected chi connectivity index (χ1v) is 16.9. The molecule has 2 aromatic rings. The Bertz CT molecular complexity index is 933. The van der Waals surface area contributed by atoms with Crippen LogP contribution < -0.4 is 4.74 Å². The number of nitrogens with zero attached hydrogens (tertiary/aromatic N) is 1. The summed E-state index contributed by atoms with van der Waals surface area (Å²) in [6, 6.07) is 20.1. The largest absolute Gasteiger partial charge is 0.494 e. The maximum Gasteiger partial charge on any atom is 0.119 e. The molecule has 0 N–H and O–H groups in total. The molecule has 1 aliphatic carbocycles. The van der Waals surface area contributed by atoms with E-state index in [0.717, 1.165) is 24.7 Å². The summed E-state index contributed by atoms with van der Waals surface area (Å²) in [5.41, 5.74) is 3.81. The molecule has 1 aliphatic rings. The second-order valence-electron chi connectivity index (χ2n) is 12.4. The highest BCUT2D eigenvalue weighted by molar-refractivity contribution is 5.64. The molecule has 1 unspecified atom stereocenters. The van der Waals surface area contributed by atoms with Crippen molar-refractivity contribution in [3.05, 3.63) is 54.1 Å². The molecule has 0 aromatic heterocycles. The van der Waals surface area contributed by atoms with Crippen molar-refractivity contribution in [2.24, 2.45) is 11.8 Å². The van der Waals surface area contributed by atoms with Crippen LogP contribution in [0.1, 0.15) is 147 Å². The molecule has 2 aromatic carbocycles. The van der Waals surface area contributed by atoms with Gasteiger partial charge in [-0.1, -0.05) is 147 Å². The fourth-order valence-corrected chi connectivity index (χ4v) is 6.66. The fourth-order valence-electron chi connectivity index (χ4n) is 6.66. The van der Waals surface area contributed by atoms with Gasteiger partial charge in [0, 0.05) is 6.42 Å². The van der Waals surface area contributed by atoms with Gasteiger partial charge in [0.2, 0.25) is 0 Å². The Morgan fingerprint density at radius 2 is 1.20 bits per heavy atom. The van der Waals surface area contributed by atoms with Crippen molar-refractivity contribution in [3.8, 4) is 22.9 Å². The van der Waals surface area contributed by atoms with Gasteiger partial charge in [0.05, 0.1) is 12.7 Å². The summed E-state index contributed by atoms with van der Waals surface area (Å²) >= 11 is 0. The Morgan fingerprint density at radius 1 is 0.675 bits per heavy atom. The number of benzene rings is 2. The third kappa shape index (κ3) is 11.7. The molecule has 0 heterocycles. The zero-order chi connectivity index (χ0) is 28.3. The zero-order valence-corrected chi connectivity index (χ0v) is 25.8. The van der Waals surface area contributed by atoms with Gasteiger partial charge in [-0.25, -0.2) is 0 Å². The van der Waals surface area contributed by atoms with E-state index >= 15 is 0 Å². The van der Waals surface area contributed by atoms with Crippen molar-refractivity contribution in [1.29, 1.82) is 5.26 Å². The fraction of sp³-hybridized carbons (Fsp3) is 0.658. The maximum absolute atomic E-state index is 9.61. The Kier molecular flexibility index (Phi) is 15.9. The Labute approximate surface area is 246 Å². The van der Waals surface area contributed by atoms with Crippen molar-refractivity contribution < 1.29 is 4.74 Å². The third-order valence-corrected chi connectivity index (χ3v) is 9.28. The summed E-state index contributed by atoms with van der Waals surface area (Å²) in [5, 5.41) is 9.61. The molecule has 40 heavy (non-hydrogen) atoms. The van der Waals surface area contributed by atoms with Crippen LogP contribution in [-0.2, 0) is 0 Å². The number of nitriles is 1. The summed E-state index contributed by atoms with van der Waals surface area (Å²) in [7, 11) is 0. The van der Waals surface area contributed by atoms with E-state index < -0.39 is 0 Å². The minimum absolute atomic E-state index is 0.372. The molecule has 0 saturated heterocycles. The Balaban J connectivity index is 1.42. The molecule has 1 saturated carbocycles. The number of rotatable bonds is 20. The van der Waals surface area contributed by atoms with Crippen LogP contribution in [0.15, 0.2) is 48.5 Å². The zero-order valence-electron chi connectivity index (χ0n) is 25.8. The molecular formula is C38H57NO. The van der Waals surface area contributed by atoms with E-state index in [-0.39, 0.29) is 0 Å². The van der Waals surface area contributed by atoms with Gasteiger partial charge in [-0.15, -0.1) is 0 Å². The SMILES string of the molecule is CCCCCCCCCCOc1ccc(-c2ccc(C(CC#N)[C@H]3CC[C@H](CCCCCCC)CC3)cc2)cc1. The maximum atomic E-state index is 9.61. The molecule has 3 rings (SSSR count). The van der Waals surface area contributed by atoms with E-state index in [2.05, 4.69) is 68.4 Å². The lowest BCUT2D eigenvalue weighted by atomic mass is 9.71. The van der Waals surface area contributed by atoms with Crippen LogP contribution in [0.3, 0.4) is 0 Å². The van der Waals surface area contributed by atoms with Gasteiger partial charge in [0.25, 0.3) is 0 Å². The van der Waals surface area contributed by atoms with Crippen LogP contribution in [0.4, 0.5) is 0 Å². The van der Waals surface area contributed by atoms with Gasteiger partial charge in [0.1, 0.15) is 5.75 Å². The summed E-state index contributed by atoms with van der Waals surface area (Å²) in [6.45, 7) is 5.37. The number of hydrogen-bond donors (Lipinski definition) is 0. The second kappa shape index (κ2) is 19.7. The average molecular weight is 544 g/mol. The van der Waals surface area contributed by atoms with Gasteiger partial charge in [0.15, 0.2) is 0 Å². The van der Waals surface area contributed by atoms with Crippen LogP contribution in [-0.4, -0.2) is 6.61 Å². The van der Waals surface area contributed by atoms with E-state index in [1.54, 1.807) is 0 Å². The molecule has 0 aliphatic heterocycles. The number of unbranched alkanes of at least 4 members (excludes halogenated alkanes) is 11. The molecule has 1 atom stereocenters. The van der Waals surface area contributed by atoms with Crippen LogP contribution in [0, 0.1) is 23.2 Å². The van der Waals surface area contributed by atoms with E-state index in [4.69, 9.17) is 4.74 Å². The summed E-state index contributed by atoms with van der Waals surface area (Å²) in [5.74, 6) is 2.90. The van der Waals surface area contributed by atoms with Crippen molar-refractivity contribution >= 4 is 0 Å². The molecule has 0 bridgehead atoms. The summed E-state index contributed by atoms with van der Waals surface area (Å²) < 4.78 is 6.00. The highest BCUT2D eigenvalue weighted by Crippen LogP contribution is 2.41. The Hall–Kier alpha value is -2.27. The second-order valence-corrected chi connectivity index (χ2v) is 12.4. The minimum atomic E-state index is 0.372. The monoisotopic (exact) mass is 543 g/mol. The molecule has 0 radical (unpaired) electrons. The molecular weight excluding hydrogens is 486 g/mol. The van der Waals surface area contributed by atoms with Crippen LogP contribution >= 0.6 is 0 Å². The van der Waals surface area contributed by atoms with Crippen LogP contribution in [0.25, 0.3) is 11.1 Å². The average Bonchev–Trinajstić information content (AvgIpc) is 3.00. The smallest absolute Gasteiger partial charge is 0.119 e.